The van der Waals surface area contributed by atoms with Gasteiger partial charge in [0.2, 0.25) is 0 Å². The van der Waals surface area contributed by atoms with E-state index >= 15 is 0 Å². The summed E-state index contributed by atoms with van der Waals surface area (Å²) >= 11 is 0. The molecule has 0 aromatic heterocycles. The lowest BCUT2D eigenvalue weighted by molar-refractivity contribution is -0.107. The zero-order chi connectivity index (χ0) is 7.82. The topological polar surface area (TPSA) is 17.1 Å². The van der Waals surface area contributed by atoms with Crippen LogP contribution in [-0.2, 0) is 4.79 Å². The van der Waals surface area contributed by atoms with Crippen LogP contribution in [0.3, 0.4) is 0 Å². The molecule has 0 rings (SSSR count). The summed E-state index contributed by atoms with van der Waals surface area (Å²) in [4.78, 5) is 10.1. The Morgan fingerprint density at radius 3 is 2.60 bits per heavy atom. The molecule has 0 radical (unpaired) electrons. The zero-order valence-electron chi connectivity index (χ0n) is 6.63. The van der Waals surface area contributed by atoms with Crippen molar-refractivity contribution in [1.82, 2.24) is 0 Å². The normalized spacial score (nSPS) is 12.4. The van der Waals surface area contributed by atoms with Crippen molar-refractivity contribution < 1.29 is 4.79 Å². The minimum absolute atomic E-state index is 0.535. The van der Waals surface area contributed by atoms with E-state index in [0.29, 0.717) is 6.42 Å². The fraction of sp³-hybridized carbons (Fsp3) is 0.444. The second-order valence-corrected chi connectivity index (χ2v) is 2.04. The number of rotatable bonds is 4. The van der Waals surface area contributed by atoms with Crippen LogP contribution in [0.25, 0.3) is 0 Å². The molecule has 0 fully saturated rings. The van der Waals surface area contributed by atoms with E-state index in [1.807, 2.05) is 19.1 Å². The summed E-state index contributed by atoms with van der Waals surface area (Å²) in [5, 5.41) is 0. The van der Waals surface area contributed by atoms with E-state index in [0.717, 1.165) is 18.3 Å². The van der Waals surface area contributed by atoms with E-state index in [1.54, 1.807) is 0 Å². The molecule has 0 heterocycles. The van der Waals surface area contributed by atoms with E-state index < -0.39 is 0 Å². The van der Waals surface area contributed by atoms with Crippen LogP contribution in [-0.4, -0.2) is 6.29 Å². The molecule has 0 saturated carbocycles. The predicted octanol–water partition coefficient (Wildman–Crippen LogP) is 2.49. The molecule has 0 saturated heterocycles. The van der Waals surface area contributed by atoms with Gasteiger partial charge in [0.05, 0.1) is 0 Å². The van der Waals surface area contributed by atoms with Crippen LogP contribution in [0, 0.1) is 0 Å². The van der Waals surface area contributed by atoms with E-state index in [9.17, 15) is 4.79 Å². The van der Waals surface area contributed by atoms with Crippen molar-refractivity contribution in [3.8, 4) is 0 Å². The predicted molar refractivity (Wildman–Crippen MR) is 43.9 cm³/mol. The molecule has 0 spiro atoms. The summed E-state index contributed by atoms with van der Waals surface area (Å²) < 4.78 is 0. The Morgan fingerprint density at radius 2 is 2.20 bits per heavy atom. The molecule has 0 unspecified atom stereocenters. The van der Waals surface area contributed by atoms with Gasteiger partial charge in [0.15, 0.2) is 0 Å². The van der Waals surface area contributed by atoms with Crippen molar-refractivity contribution in [3.63, 3.8) is 0 Å². The molecule has 10 heavy (non-hydrogen) atoms. The number of allylic oxidation sites excluding steroid dienone is 4. The first-order valence-electron chi connectivity index (χ1n) is 3.60. The summed E-state index contributed by atoms with van der Waals surface area (Å²) in [6.07, 6.45) is 8.49. The maximum Gasteiger partial charge on any atom is 0.124 e. The highest BCUT2D eigenvalue weighted by molar-refractivity contribution is 5.55. The van der Waals surface area contributed by atoms with Gasteiger partial charge in [-0.2, -0.15) is 0 Å². The average Bonchev–Trinajstić information content (AvgIpc) is 1.98. The van der Waals surface area contributed by atoms with Crippen LogP contribution >= 0.6 is 0 Å². The molecular formula is C9H14O. The van der Waals surface area contributed by atoms with Crippen molar-refractivity contribution in [2.75, 3.05) is 0 Å². The third-order valence-electron chi connectivity index (χ3n) is 1.26. The van der Waals surface area contributed by atoms with Crippen LogP contribution in [0.5, 0.6) is 0 Å². The van der Waals surface area contributed by atoms with Crippen molar-refractivity contribution in [1.29, 1.82) is 0 Å². The van der Waals surface area contributed by atoms with E-state index in [4.69, 9.17) is 0 Å². The molecule has 0 aromatic rings. The Hall–Kier alpha value is -0.850. The summed E-state index contributed by atoms with van der Waals surface area (Å²) in [6.45, 7) is 4.02. The van der Waals surface area contributed by atoms with Gasteiger partial charge in [0, 0.05) is 6.42 Å². The first-order valence-corrected chi connectivity index (χ1v) is 3.60. The maximum absolute atomic E-state index is 10.1. The molecule has 0 bridgehead atoms. The van der Waals surface area contributed by atoms with Crippen molar-refractivity contribution in [3.05, 3.63) is 23.8 Å². The van der Waals surface area contributed by atoms with Gasteiger partial charge >= 0.3 is 0 Å². The SMILES string of the molecule is C/C=C(\C=C/CC)CC=O. The minimum Gasteiger partial charge on any atom is -0.303 e. The number of aldehydes is 1. The Labute approximate surface area is 62.4 Å². The molecule has 0 aliphatic heterocycles. The lowest BCUT2D eigenvalue weighted by Crippen LogP contribution is -1.78. The highest BCUT2D eigenvalue weighted by Gasteiger charge is 1.85. The quantitative estimate of drug-likeness (QED) is 0.431. The standard InChI is InChI=1S/C9H14O/c1-3-5-6-9(4-2)7-8-10/h4-6,8H,3,7H2,1-2H3/b6-5-,9-4+. The molecule has 1 heteroatoms. The van der Waals surface area contributed by atoms with Gasteiger partial charge in [-0.3, -0.25) is 0 Å². The fourth-order valence-electron chi connectivity index (χ4n) is 0.648. The van der Waals surface area contributed by atoms with Crippen LogP contribution in [0.4, 0.5) is 0 Å². The van der Waals surface area contributed by atoms with Crippen molar-refractivity contribution in [2.24, 2.45) is 0 Å². The molecule has 0 amide bonds. The summed E-state index contributed by atoms with van der Waals surface area (Å²) in [7, 11) is 0. The Morgan fingerprint density at radius 1 is 1.50 bits per heavy atom. The highest BCUT2D eigenvalue weighted by Crippen LogP contribution is 2.00. The first kappa shape index (κ1) is 9.15. The second-order valence-electron chi connectivity index (χ2n) is 2.04. The van der Waals surface area contributed by atoms with E-state index in [2.05, 4.69) is 13.0 Å². The monoisotopic (exact) mass is 138 g/mol. The third-order valence-corrected chi connectivity index (χ3v) is 1.26. The molecule has 1 nitrogen and oxygen atoms in total. The average molecular weight is 138 g/mol. The minimum atomic E-state index is 0.535. The molecule has 0 atom stereocenters. The van der Waals surface area contributed by atoms with Gasteiger partial charge in [-0.25, -0.2) is 0 Å². The lowest BCUT2D eigenvalue weighted by Gasteiger charge is -1.90. The van der Waals surface area contributed by atoms with Crippen molar-refractivity contribution in [2.45, 2.75) is 26.7 Å². The number of hydrogen-bond acceptors (Lipinski definition) is 1. The third kappa shape index (κ3) is 4.07. The van der Waals surface area contributed by atoms with Gasteiger partial charge < -0.3 is 4.79 Å². The van der Waals surface area contributed by atoms with Gasteiger partial charge in [-0.1, -0.05) is 25.2 Å². The molecule has 0 aliphatic rings. The Bertz CT molecular complexity index is 143. The van der Waals surface area contributed by atoms with Crippen molar-refractivity contribution >= 4 is 6.29 Å². The van der Waals surface area contributed by atoms with E-state index in [1.165, 1.54) is 0 Å². The van der Waals surface area contributed by atoms with Crippen LogP contribution in [0.1, 0.15) is 26.7 Å². The summed E-state index contributed by atoms with van der Waals surface area (Å²) in [6, 6.07) is 0. The number of hydrogen-bond donors (Lipinski definition) is 0. The Balaban J connectivity index is 3.84. The van der Waals surface area contributed by atoms with E-state index in [-0.39, 0.29) is 0 Å². The van der Waals surface area contributed by atoms with Crippen LogP contribution in [0.15, 0.2) is 23.8 Å². The second kappa shape index (κ2) is 6.27. The maximum atomic E-state index is 10.1. The molecule has 0 aliphatic carbocycles. The molecule has 0 N–H and O–H groups in total. The lowest BCUT2D eigenvalue weighted by atomic mass is 10.2. The largest absolute Gasteiger partial charge is 0.303 e. The van der Waals surface area contributed by atoms with Gasteiger partial charge in [0.25, 0.3) is 0 Å². The summed E-state index contributed by atoms with van der Waals surface area (Å²) in [5.74, 6) is 0. The molecular weight excluding hydrogens is 124 g/mol. The van der Waals surface area contributed by atoms with Crippen LogP contribution < -0.4 is 0 Å². The number of carbonyl (C=O) groups is 1. The Kier molecular flexibility index (Phi) is 5.74. The van der Waals surface area contributed by atoms with Gasteiger partial charge in [-0.05, 0) is 18.9 Å². The highest BCUT2D eigenvalue weighted by atomic mass is 16.1. The smallest absolute Gasteiger partial charge is 0.124 e. The van der Waals surface area contributed by atoms with Gasteiger partial charge in [0.1, 0.15) is 6.29 Å². The first-order chi connectivity index (χ1) is 4.85. The molecule has 0 aromatic carbocycles. The number of carbonyl (C=O) groups excluding carboxylic acids is 1. The van der Waals surface area contributed by atoms with Crippen LogP contribution in [0.2, 0.25) is 0 Å². The van der Waals surface area contributed by atoms with Gasteiger partial charge in [-0.15, -0.1) is 0 Å². The summed E-state index contributed by atoms with van der Waals surface area (Å²) in [5.41, 5.74) is 1.09. The fourth-order valence-corrected chi connectivity index (χ4v) is 0.648. The molecule has 56 valence electrons. The zero-order valence-corrected chi connectivity index (χ0v) is 6.63.